The van der Waals surface area contributed by atoms with Crippen molar-refractivity contribution in [3.05, 3.63) is 34.8 Å². The highest BCUT2D eigenvalue weighted by atomic mass is 32.1. The predicted molar refractivity (Wildman–Crippen MR) is 78.8 cm³/mol. The molecule has 0 aliphatic carbocycles. The van der Waals surface area contributed by atoms with Crippen LogP contribution in [0.3, 0.4) is 0 Å². The lowest BCUT2D eigenvalue weighted by atomic mass is 9.98. The number of rotatable bonds is 3. The predicted octanol–water partition coefficient (Wildman–Crippen LogP) is 3.71. The summed E-state index contributed by atoms with van der Waals surface area (Å²) in [5, 5.41) is 23.0. The molecule has 19 heavy (non-hydrogen) atoms. The Morgan fingerprint density at radius 3 is 2.58 bits per heavy atom. The Hall–Kier alpha value is -1.62. The van der Waals surface area contributed by atoms with Gasteiger partial charge >= 0.3 is 0 Å². The normalized spacial score (nSPS) is 13.3. The molecule has 1 aromatic heterocycles. The Kier molecular flexibility index (Phi) is 3.75. The van der Waals surface area contributed by atoms with E-state index < -0.39 is 0 Å². The van der Waals surface area contributed by atoms with Crippen LogP contribution in [-0.2, 0) is 5.41 Å². The van der Waals surface area contributed by atoms with E-state index in [1.807, 2.05) is 19.1 Å². The van der Waals surface area contributed by atoms with E-state index >= 15 is 0 Å². The molecule has 0 saturated heterocycles. The minimum atomic E-state index is 0.0197. The standard InChI is InChI=1S/C14H19N3OS/c1-9(10-6-5-7-11(18)8-10)15-13-17-16-12(19-13)14(2,3)4/h5-9,18H,1-4H3,(H,15,17). The first-order valence-corrected chi connectivity index (χ1v) is 7.07. The molecular formula is C14H19N3OS. The number of benzene rings is 1. The second-order valence-electron chi connectivity index (χ2n) is 5.62. The zero-order valence-corrected chi connectivity index (χ0v) is 12.5. The van der Waals surface area contributed by atoms with Crippen molar-refractivity contribution < 1.29 is 5.11 Å². The van der Waals surface area contributed by atoms with E-state index in [9.17, 15) is 5.11 Å². The van der Waals surface area contributed by atoms with E-state index in [0.717, 1.165) is 15.7 Å². The first-order chi connectivity index (χ1) is 8.86. The van der Waals surface area contributed by atoms with Crippen LogP contribution in [0.25, 0.3) is 0 Å². The van der Waals surface area contributed by atoms with Crippen LogP contribution >= 0.6 is 11.3 Å². The van der Waals surface area contributed by atoms with Crippen LogP contribution in [0.5, 0.6) is 5.75 Å². The number of phenolic OH excluding ortho intramolecular Hbond substituents is 1. The second kappa shape index (κ2) is 5.17. The second-order valence-corrected chi connectivity index (χ2v) is 6.60. The van der Waals surface area contributed by atoms with Gasteiger partial charge in [-0.3, -0.25) is 0 Å². The largest absolute Gasteiger partial charge is 0.508 e. The number of phenols is 1. The highest BCUT2D eigenvalue weighted by Crippen LogP contribution is 2.30. The molecule has 0 aliphatic rings. The molecule has 0 spiro atoms. The Morgan fingerprint density at radius 2 is 2.00 bits per heavy atom. The molecule has 2 rings (SSSR count). The third-order valence-electron chi connectivity index (χ3n) is 2.78. The summed E-state index contributed by atoms with van der Waals surface area (Å²) in [6, 6.07) is 7.31. The molecule has 0 radical (unpaired) electrons. The highest BCUT2D eigenvalue weighted by molar-refractivity contribution is 7.15. The van der Waals surface area contributed by atoms with Gasteiger partial charge in [-0.05, 0) is 24.6 Å². The lowest BCUT2D eigenvalue weighted by Gasteiger charge is -2.14. The molecule has 0 bridgehead atoms. The fourth-order valence-corrected chi connectivity index (χ4v) is 2.54. The molecule has 4 nitrogen and oxygen atoms in total. The van der Waals surface area contributed by atoms with Crippen molar-refractivity contribution >= 4 is 16.5 Å². The first kappa shape index (κ1) is 13.8. The van der Waals surface area contributed by atoms with E-state index in [1.165, 1.54) is 0 Å². The smallest absolute Gasteiger partial charge is 0.206 e. The van der Waals surface area contributed by atoms with Crippen molar-refractivity contribution in [1.82, 2.24) is 10.2 Å². The number of aromatic nitrogens is 2. The maximum absolute atomic E-state index is 9.49. The summed E-state index contributed by atoms with van der Waals surface area (Å²) in [5.41, 5.74) is 1.04. The van der Waals surface area contributed by atoms with Gasteiger partial charge in [0.25, 0.3) is 0 Å². The van der Waals surface area contributed by atoms with Gasteiger partial charge in [0.2, 0.25) is 5.13 Å². The third-order valence-corrected chi connectivity index (χ3v) is 4.06. The quantitative estimate of drug-likeness (QED) is 0.898. The number of hydrogen-bond acceptors (Lipinski definition) is 5. The molecule has 5 heteroatoms. The third kappa shape index (κ3) is 3.44. The van der Waals surface area contributed by atoms with Gasteiger partial charge in [0.1, 0.15) is 10.8 Å². The zero-order chi connectivity index (χ0) is 14.0. The first-order valence-electron chi connectivity index (χ1n) is 6.26. The van der Waals surface area contributed by atoms with Crippen LogP contribution in [0, 0.1) is 0 Å². The number of anilines is 1. The Balaban J connectivity index is 2.11. The molecule has 2 N–H and O–H groups in total. The summed E-state index contributed by atoms with van der Waals surface area (Å²) < 4.78 is 0. The van der Waals surface area contributed by atoms with Gasteiger partial charge in [0.05, 0.1) is 6.04 Å². The molecule has 0 amide bonds. The van der Waals surface area contributed by atoms with E-state index in [0.29, 0.717) is 0 Å². The van der Waals surface area contributed by atoms with Crippen LogP contribution in [0.4, 0.5) is 5.13 Å². The van der Waals surface area contributed by atoms with Crippen molar-refractivity contribution in [2.45, 2.75) is 39.2 Å². The van der Waals surface area contributed by atoms with Gasteiger partial charge in [-0.1, -0.05) is 44.2 Å². The molecule has 1 heterocycles. The zero-order valence-electron chi connectivity index (χ0n) is 11.6. The van der Waals surface area contributed by atoms with Gasteiger partial charge in [0, 0.05) is 5.41 Å². The lowest BCUT2D eigenvalue weighted by Crippen LogP contribution is -2.10. The van der Waals surface area contributed by atoms with Crippen molar-refractivity contribution in [2.24, 2.45) is 0 Å². The molecule has 0 saturated carbocycles. The fraction of sp³-hybridized carbons (Fsp3) is 0.429. The molecular weight excluding hydrogens is 258 g/mol. The summed E-state index contributed by atoms with van der Waals surface area (Å²) in [5.74, 6) is 0.277. The van der Waals surface area contributed by atoms with E-state index in [1.54, 1.807) is 23.5 Å². The fourth-order valence-electron chi connectivity index (χ4n) is 1.65. The van der Waals surface area contributed by atoms with Crippen molar-refractivity contribution in [3.8, 4) is 5.75 Å². The van der Waals surface area contributed by atoms with Gasteiger partial charge in [-0.15, -0.1) is 10.2 Å². The number of nitrogens with zero attached hydrogens (tertiary/aromatic N) is 2. The van der Waals surface area contributed by atoms with Crippen LogP contribution in [0.2, 0.25) is 0 Å². The molecule has 0 fully saturated rings. The van der Waals surface area contributed by atoms with Crippen LogP contribution in [-0.4, -0.2) is 15.3 Å². The Bertz CT molecular complexity index is 560. The van der Waals surface area contributed by atoms with Gasteiger partial charge in [-0.25, -0.2) is 0 Å². The molecule has 0 aliphatic heterocycles. The topological polar surface area (TPSA) is 58.0 Å². The molecule has 1 unspecified atom stereocenters. The van der Waals surface area contributed by atoms with E-state index in [-0.39, 0.29) is 17.2 Å². The van der Waals surface area contributed by atoms with Crippen molar-refractivity contribution in [1.29, 1.82) is 0 Å². The van der Waals surface area contributed by atoms with Crippen molar-refractivity contribution in [2.75, 3.05) is 5.32 Å². The molecule has 1 aromatic carbocycles. The monoisotopic (exact) mass is 277 g/mol. The maximum atomic E-state index is 9.49. The van der Waals surface area contributed by atoms with E-state index in [4.69, 9.17) is 0 Å². The molecule has 2 aromatic rings. The Labute approximate surface area is 117 Å². The summed E-state index contributed by atoms with van der Waals surface area (Å²) in [6.07, 6.45) is 0. The summed E-state index contributed by atoms with van der Waals surface area (Å²) in [6.45, 7) is 8.40. The Morgan fingerprint density at radius 1 is 1.26 bits per heavy atom. The SMILES string of the molecule is CC(Nc1nnc(C(C)(C)C)s1)c1cccc(O)c1. The summed E-state index contributed by atoms with van der Waals surface area (Å²) in [4.78, 5) is 0. The van der Waals surface area contributed by atoms with Crippen molar-refractivity contribution in [3.63, 3.8) is 0 Å². The van der Waals surface area contributed by atoms with Gasteiger partial charge in [-0.2, -0.15) is 0 Å². The summed E-state index contributed by atoms with van der Waals surface area (Å²) >= 11 is 1.57. The van der Waals surface area contributed by atoms with Crippen LogP contribution < -0.4 is 5.32 Å². The molecule has 1 atom stereocenters. The van der Waals surface area contributed by atoms with Gasteiger partial charge in [0.15, 0.2) is 0 Å². The summed E-state index contributed by atoms with van der Waals surface area (Å²) in [7, 11) is 0. The number of aromatic hydroxyl groups is 1. The highest BCUT2D eigenvalue weighted by Gasteiger charge is 2.20. The average Bonchev–Trinajstić information content (AvgIpc) is 2.77. The lowest BCUT2D eigenvalue weighted by molar-refractivity contribution is 0.474. The minimum absolute atomic E-state index is 0.0197. The minimum Gasteiger partial charge on any atom is -0.508 e. The van der Waals surface area contributed by atoms with E-state index in [2.05, 4.69) is 36.3 Å². The average molecular weight is 277 g/mol. The van der Waals surface area contributed by atoms with Crippen LogP contribution in [0.15, 0.2) is 24.3 Å². The van der Waals surface area contributed by atoms with Crippen LogP contribution in [0.1, 0.15) is 44.3 Å². The van der Waals surface area contributed by atoms with Gasteiger partial charge < -0.3 is 10.4 Å². The number of hydrogen-bond donors (Lipinski definition) is 2. The maximum Gasteiger partial charge on any atom is 0.206 e. The number of nitrogens with one attached hydrogen (secondary N) is 1. The molecule has 102 valence electrons.